The molecule has 0 radical (unpaired) electrons. The smallest absolute Gasteiger partial charge is 0.274 e. The number of benzene rings is 1. The number of pyridine rings is 1. The van der Waals surface area contributed by atoms with Crippen LogP contribution in [0.25, 0.3) is 5.82 Å². The maximum Gasteiger partial charge on any atom is 0.274 e. The second kappa shape index (κ2) is 11.7. The normalized spacial score (nSPS) is 14.1. The molecule has 1 saturated heterocycles. The summed E-state index contributed by atoms with van der Waals surface area (Å²) in [6, 6.07) is 7.69. The molecule has 1 aliphatic rings. The number of hydrogen-bond acceptors (Lipinski definition) is 6. The van der Waals surface area contributed by atoms with Gasteiger partial charge in [-0.05, 0) is 37.6 Å². The van der Waals surface area contributed by atoms with E-state index in [4.69, 9.17) is 39.5 Å². The zero-order chi connectivity index (χ0) is 25.8. The molecular formula is C24H24Cl3N5O3S. The lowest BCUT2D eigenvalue weighted by Gasteiger charge is -2.24. The van der Waals surface area contributed by atoms with Crippen LogP contribution in [0.2, 0.25) is 15.1 Å². The Hall–Kier alpha value is -2.46. The van der Waals surface area contributed by atoms with E-state index in [0.717, 1.165) is 24.3 Å². The van der Waals surface area contributed by atoms with Crippen molar-refractivity contribution in [2.75, 3.05) is 16.8 Å². The molecule has 190 valence electrons. The van der Waals surface area contributed by atoms with Crippen molar-refractivity contribution in [3.05, 3.63) is 62.9 Å². The molecular weight excluding hydrogens is 545 g/mol. The van der Waals surface area contributed by atoms with E-state index in [0.29, 0.717) is 5.02 Å². The molecule has 0 saturated carbocycles. The first kappa shape index (κ1) is 26.6. The highest BCUT2D eigenvalue weighted by Gasteiger charge is 2.26. The van der Waals surface area contributed by atoms with E-state index in [1.54, 1.807) is 30.1 Å². The molecule has 1 fully saturated rings. The maximum atomic E-state index is 13.5. The summed E-state index contributed by atoms with van der Waals surface area (Å²) in [5.41, 5.74) is 0.382. The van der Waals surface area contributed by atoms with Gasteiger partial charge in [0.15, 0.2) is 5.82 Å². The minimum Gasteiger partial charge on any atom is -0.472 e. The maximum absolute atomic E-state index is 13.5. The number of aromatic nitrogens is 3. The lowest BCUT2D eigenvalue weighted by molar-refractivity contribution is 0.0939. The number of nitrogens with one attached hydrogen (secondary N) is 2. The molecule has 2 N–H and O–H groups in total. The third kappa shape index (κ3) is 6.08. The highest BCUT2D eigenvalue weighted by atomic mass is 35.5. The van der Waals surface area contributed by atoms with Crippen LogP contribution < -0.4 is 15.4 Å². The summed E-state index contributed by atoms with van der Waals surface area (Å²) < 4.78 is 7.20. The summed E-state index contributed by atoms with van der Waals surface area (Å²) in [5, 5.41) is 10.8. The van der Waals surface area contributed by atoms with Crippen LogP contribution in [-0.4, -0.2) is 50.2 Å². The molecule has 2 amide bonds. The summed E-state index contributed by atoms with van der Waals surface area (Å²) >= 11 is 20.7. The lowest BCUT2D eigenvalue weighted by Crippen LogP contribution is -2.33. The van der Waals surface area contributed by atoms with Gasteiger partial charge in [-0.25, -0.2) is 9.67 Å². The van der Waals surface area contributed by atoms with Crippen LogP contribution >= 0.6 is 46.6 Å². The van der Waals surface area contributed by atoms with E-state index < -0.39 is 11.8 Å². The van der Waals surface area contributed by atoms with E-state index in [1.807, 2.05) is 13.8 Å². The zero-order valence-electron chi connectivity index (χ0n) is 19.6. The standard InChI is InChI=1S/C24H24Cl3N5O3S/c1-3-5-13(2)29-23(33)16-8-14(25)9-18(27)21(16)30-24(34)19-10-20(35-15-11-36-12-15)31-32(19)22-17(26)6-4-7-28-22/h4,6-10,13,15H,3,5,11-12H2,1-2H3,(H,29,33)(H,30,34). The van der Waals surface area contributed by atoms with Crippen molar-refractivity contribution >= 4 is 64.1 Å². The Morgan fingerprint density at radius 3 is 2.64 bits per heavy atom. The Morgan fingerprint density at radius 2 is 1.97 bits per heavy atom. The molecule has 0 aliphatic carbocycles. The van der Waals surface area contributed by atoms with Gasteiger partial charge in [0.05, 0.1) is 21.3 Å². The molecule has 3 aromatic rings. The lowest BCUT2D eigenvalue weighted by atomic mass is 10.1. The summed E-state index contributed by atoms with van der Waals surface area (Å²) in [5.74, 6) is 1.23. The minimum atomic E-state index is -0.582. The number of amides is 2. The first-order chi connectivity index (χ1) is 17.3. The number of halogens is 3. The monoisotopic (exact) mass is 567 g/mol. The number of anilines is 1. The minimum absolute atomic E-state index is 0.0135. The average Bonchev–Trinajstić information content (AvgIpc) is 3.22. The van der Waals surface area contributed by atoms with Gasteiger partial charge in [-0.2, -0.15) is 11.8 Å². The van der Waals surface area contributed by atoms with E-state index in [9.17, 15) is 9.59 Å². The van der Waals surface area contributed by atoms with Crippen molar-refractivity contribution in [3.63, 3.8) is 0 Å². The molecule has 1 aromatic carbocycles. The van der Waals surface area contributed by atoms with Gasteiger partial charge in [-0.3, -0.25) is 9.59 Å². The molecule has 2 aromatic heterocycles. The number of carbonyl (C=O) groups is 2. The number of carbonyl (C=O) groups excluding carboxylic acids is 2. The first-order valence-corrected chi connectivity index (χ1v) is 13.6. The van der Waals surface area contributed by atoms with Gasteiger partial charge in [0.1, 0.15) is 11.8 Å². The Morgan fingerprint density at radius 1 is 1.19 bits per heavy atom. The van der Waals surface area contributed by atoms with Crippen LogP contribution in [0.15, 0.2) is 36.5 Å². The fourth-order valence-electron chi connectivity index (χ4n) is 3.59. The van der Waals surface area contributed by atoms with Crippen LogP contribution in [0.3, 0.4) is 0 Å². The van der Waals surface area contributed by atoms with Crippen LogP contribution in [0.4, 0.5) is 5.69 Å². The molecule has 0 spiro atoms. The van der Waals surface area contributed by atoms with Crippen molar-refractivity contribution < 1.29 is 14.3 Å². The number of thioether (sulfide) groups is 1. The summed E-state index contributed by atoms with van der Waals surface area (Å²) in [7, 11) is 0. The largest absolute Gasteiger partial charge is 0.472 e. The van der Waals surface area contributed by atoms with E-state index in [2.05, 4.69) is 20.7 Å². The molecule has 1 atom stereocenters. The third-order valence-electron chi connectivity index (χ3n) is 5.39. The first-order valence-electron chi connectivity index (χ1n) is 11.3. The summed E-state index contributed by atoms with van der Waals surface area (Å²) in [6.07, 6.45) is 3.27. The van der Waals surface area contributed by atoms with Crippen molar-refractivity contribution in [2.45, 2.75) is 38.8 Å². The van der Waals surface area contributed by atoms with Crippen LogP contribution in [0, 0.1) is 0 Å². The van der Waals surface area contributed by atoms with Crippen LogP contribution in [-0.2, 0) is 0 Å². The van der Waals surface area contributed by atoms with Gasteiger partial charge in [0.2, 0.25) is 5.88 Å². The summed E-state index contributed by atoms with van der Waals surface area (Å²) in [4.78, 5) is 30.8. The van der Waals surface area contributed by atoms with Gasteiger partial charge >= 0.3 is 0 Å². The molecule has 1 unspecified atom stereocenters. The predicted octanol–water partition coefficient (Wildman–Crippen LogP) is 5.89. The highest BCUT2D eigenvalue weighted by molar-refractivity contribution is 8.00. The number of rotatable bonds is 9. The Labute approximate surface area is 228 Å². The molecule has 3 heterocycles. The highest BCUT2D eigenvalue weighted by Crippen LogP contribution is 2.32. The van der Waals surface area contributed by atoms with Crippen LogP contribution in [0.5, 0.6) is 5.88 Å². The van der Waals surface area contributed by atoms with Gasteiger partial charge < -0.3 is 15.4 Å². The topological polar surface area (TPSA) is 98.1 Å². The molecule has 8 nitrogen and oxygen atoms in total. The Bertz CT molecular complexity index is 1280. The molecule has 1 aliphatic heterocycles. The average molecular weight is 569 g/mol. The number of nitrogens with zero attached hydrogens (tertiary/aromatic N) is 3. The SMILES string of the molecule is CCCC(C)NC(=O)c1cc(Cl)cc(Cl)c1NC(=O)c1cc(OC2CSC2)nn1-c1ncccc1Cl. The number of ether oxygens (including phenoxy) is 1. The zero-order valence-corrected chi connectivity index (χ0v) is 22.6. The van der Waals surface area contributed by atoms with Crippen molar-refractivity contribution in [2.24, 2.45) is 0 Å². The predicted molar refractivity (Wildman–Crippen MR) is 144 cm³/mol. The summed E-state index contributed by atoms with van der Waals surface area (Å²) in [6.45, 7) is 3.94. The quantitative estimate of drug-likeness (QED) is 0.334. The Balaban J connectivity index is 1.69. The fourth-order valence-corrected chi connectivity index (χ4v) is 4.90. The van der Waals surface area contributed by atoms with Crippen LogP contribution in [0.1, 0.15) is 47.5 Å². The van der Waals surface area contributed by atoms with E-state index in [-0.39, 0.29) is 50.8 Å². The molecule has 12 heteroatoms. The molecule has 4 rings (SSSR count). The van der Waals surface area contributed by atoms with Crippen molar-refractivity contribution in [1.82, 2.24) is 20.1 Å². The van der Waals surface area contributed by atoms with Crippen molar-refractivity contribution in [1.29, 1.82) is 0 Å². The second-order valence-electron chi connectivity index (χ2n) is 8.29. The molecule has 36 heavy (non-hydrogen) atoms. The van der Waals surface area contributed by atoms with Gasteiger partial charge in [0.25, 0.3) is 11.8 Å². The number of hydrogen-bond donors (Lipinski definition) is 2. The van der Waals surface area contributed by atoms with Gasteiger partial charge in [-0.15, -0.1) is 5.10 Å². The van der Waals surface area contributed by atoms with E-state index in [1.165, 1.54) is 22.9 Å². The second-order valence-corrected chi connectivity index (χ2v) is 10.6. The van der Waals surface area contributed by atoms with Gasteiger partial charge in [-0.1, -0.05) is 48.1 Å². The fraction of sp³-hybridized carbons (Fsp3) is 0.333. The third-order valence-corrected chi connectivity index (χ3v) is 7.42. The van der Waals surface area contributed by atoms with E-state index >= 15 is 0 Å². The van der Waals surface area contributed by atoms with Crippen molar-refractivity contribution in [3.8, 4) is 11.7 Å². The van der Waals surface area contributed by atoms with Gasteiger partial charge in [0, 0.05) is 34.8 Å². The molecule has 0 bridgehead atoms. The Kier molecular flexibility index (Phi) is 8.66.